The number of nitrogens with one attached hydrogen (secondary N) is 2. The van der Waals surface area contributed by atoms with Gasteiger partial charge >= 0.3 is 0 Å². The van der Waals surface area contributed by atoms with Crippen LogP contribution in [0.2, 0.25) is 0 Å². The molecule has 0 aromatic heterocycles. The van der Waals surface area contributed by atoms with Gasteiger partial charge in [0.1, 0.15) is 0 Å². The second-order valence-electron chi connectivity index (χ2n) is 4.65. The summed E-state index contributed by atoms with van der Waals surface area (Å²) < 4.78 is 0. The van der Waals surface area contributed by atoms with Crippen molar-refractivity contribution in [3.63, 3.8) is 0 Å². The van der Waals surface area contributed by atoms with Crippen LogP contribution in [0.1, 0.15) is 17.0 Å². The lowest BCUT2D eigenvalue weighted by atomic mass is 9.90. The molecule has 2 amide bonds. The minimum absolute atomic E-state index is 0.0223. The number of amides is 2. The van der Waals surface area contributed by atoms with Gasteiger partial charge in [-0.25, -0.2) is 0 Å². The standard InChI is InChI=1S/C17H18N2O2/c1-18-15(20)12-19-17(21)16(13-8-4-2-5-9-13)14-10-6-3-7-11-14/h2-11,16H,12H2,1H3,(H,18,20)(H,19,21). The summed E-state index contributed by atoms with van der Waals surface area (Å²) in [5.41, 5.74) is 1.80. The van der Waals surface area contributed by atoms with Crippen molar-refractivity contribution < 1.29 is 9.59 Å². The molecule has 0 heterocycles. The molecule has 0 aliphatic rings. The third kappa shape index (κ3) is 3.92. The molecule has 0 fully saturated rings. The summed E-state index contributed by atoms with van der Waals surface area (Å²) in [7, 11) is 1.54. The molecule has 21 heavy (non-hydrogen) atoms. The fraction of sp³-hybridized carbons (Fsp3) is 0.176. The van der Waals surface area contributed by atoms with Crippen molar-refractivity contribution in [2.75, 3.05) is 13.6 Å². The molecule has 2 aromatic carbocycles. The van der Waals surface area contributed by atoms with Gasteiger partial charge in [-0.2, -0.15) is 0 Å². The Morgan fingerprint density at radius 3 is 1.81 bits per heavy atom. The van der Waals surface area contributed by atoms with Crippen LogP contribution >= 0.6 is 0 Å². The zero-order chi connectivity index (χ0) is 15.1. The second kappa shape index (κ2) is 7.24. The molecule has 0 spiro atoms. The fourth-order valence-electron chi connectivity index (χ4n) is 2.14. The lowest BCUT2D eigenvalue weighted by Gasteiger charge is -2.17. The average molecular weight is 282 g/mol. The van der Waals surface area contributed by atoms with Gasteiger partial charge in [0.05, 0.1) is 12.5 Å². The van der Waals surface area contributed by atoms with Gasteiger partial charge in [0.2, 0.25) is 11.8 Å². The van der Waals surface area contributed by atoms with Crippen LogP contribution in [-0.4, -0.2) is 25.4 Å². The third-order valence-corrected chi connectivity index (χ3v) is 3.23. The van der Waals surface area contributed by atoms with Gasteiger partial charge in [-0.3, -0.25) is 9.59 Å². The Labute approximate surface area is 124 Å². The lowest BCUT2D eigenvalue weighted by Crippen LogP contribution is -2.38. The highest BCUT2D eigenvalue weighted by atomic mass is 16.2. The van der Waals surface area contributed by atoms with Crippen LogP contribution in [0.25, 0.3) is 0 Å². The van der Waals surface area contributed by atoms with E-state index in [0.717, 1.165) is 11.1 Å². The Kier molecular flexibility index (Phi) is 5.10. The van der Waals surface area contributed by atoms with Gasteiger partial charge in [0.15, 0.2) is 0 Å². The number of carbonyl (C=O) groups is 2. The van der Waals surface area contributed by atoms with E-state index in [-0.39, 0.29) is 18.4 Å². The molecule has 0 saturated carbocycles. The summed E-state index contributed by atoms with van der Waals surface area (Å²) in [5, 5.41) is 5.16. The monoisotopic (exact) mass is 282 g/mol. The molecule has 2 aromatic rings. The van der Waals surface area contributed by atoms with Gasteiger partial charge in [-0.1, -0.05) is 60.7 Å². The lowest BCUT2D eigenvalue weighted by molar-refractivity contribution is -0.126. The highest BCUT2D eigenvalue weighted by Crippen LogP contribution is 2.24. The zero-order valence-electron chi connectivity index (χ0n) is 11.9. The maximum atomic E-state index is 12.5. The fourth-order valence-corrected chi connectivity index (χ4v) is 2.14. The molecule has 2 rings (SSSR count). The number of hydrogen-bond donors (Lipinski definition) is 2. The van der Waals surface area contributed by atoms with E-state index >= 15 is 0 Å². The van der Waals surface area contributed by atoms with E-state index in [1.165, 1.54) is 0 Å². The molecular weight excluding hydrogens is 264 g/mol. The summed E-state index contributed by atoms with van der Waals surface area (Å²) in [6.45, 7) is -0.0223. The molecule has 2 N–H and O–H groups in total. The molecule has 0 bridgehead atoms. The Balaban J connectivity index is 2.25. The summed E-state index contributed by atoms with van der Waals surface area (Å²) in [6.07, 6.45) is 0. The van der Waals surface area contributed by atoms with Crippen LogP contribution < -0.4 is 10.6 Å². The zero-order valence-corrected chi connectivity index (χ0v) is 11.9. The smallest absolute Gasteiger partial charge is 0.239 e. The first-order valence-electron chi connectivity index (χ1n) is 6.80. The minimum atomic E-state index is -0.419. The minimum Gasteiger partial charge on any atom is -0.358 e. The Hall–Kier alpha value is -2.62. The SMILES string of the molecule is CNC(=O)CNC(=O)C(c1ccccc1)c1ccccc1. The van der Waals surface area contributed by atoms with Crippen molar-refractivity contribution in [3.8, 4) is 0 Å². The van der Waals surface area contributed by atoms with Gasteiger partial charge in [0.25, 0.3) is 0 Å². The van der Waals surface area contributed by atoms with Crippen LogP contribution in [0, 0.1) is 0 Å². The number of hydrogen-bond acceptors (Lipinski definition) is 2. The largest absolute Gasteiger partial charge is 0.358 e. The molecule has 0 saturated heterocycles. The van der Waals surface area contributed by atoms with Crippen molar-refractivity contribution in [1.29, 1.82) is 0 Å². The predicted molar refractivity (Wildman–Crippen MR) is 81.8 cm³/mol. The van der Waals surface area contributed by atoms with E-state index in [9.17, 15) is 9.59 Å². The first kappa shape index (κ1) is 14.8. The molecule has 4 heteroatoms. The first-order valence-corrected chi connectivity index (χ1v) is 6.80. The number of likely N-dealkylation sites (N-methyl/N-ethyl adjacent to an activating group) is 1. The van der Waals surface area contributed by atoms with Gasteiger partial charge in [-0.05, 0) is 11.1 Å². The Bertz CT molecular complexity index is 557. The quantitative estimate of drug-likeness (QED) is 0.876. The van der Waals surface area contributed by atoms with E-state index in [4.69, 9.17) is 0 Å². The predicted octanol–water partition coefficient (Wildman–Crippen LogP) is 1.68. The van der Waals surface area contributed by atoms with E-state index in [1.54, 1.807) is 7.05 Å². The highest BCUT2D eigenvalue weighted by Gasteiger charge is 2.22. The van der Waals surface area contributed by atoms with E-state index in [0.29, 0.717) is 0 Å². The average Bonchev–Trinajstić information content (AvgIpc) is 2.55. The molecule has 0 atom stereocenters. The molecule has 0 aliphatic carbocycles. The molecule has 0 unspecified atom stereocenters. The molecule has 0 aliphatic heterocycles. The molecule has 108 valence electrons. The maximum absolute atomic E-state index is 12.5. The van der Waals surface area contributed by atoms with Crippen molar-refractivity contribution in [3.05, 3.63) is 71.8 Å². The van der Waals surface area contributed by atoms with E-state index < -0.39 is 5.92 Å². The molecule has 4 nitrogen and oxygen atoms in total. The normalized spacial score (nSPS) is 10.2. The third-order valence-electron chi connectivity index (χ3n) is 3.23. The topological polar surface area (TPSA) is 58.2 Å². The van der Waals surface area contributed by atoms with Crippen LogP contribution in [0.5, 0.6) is 0 Å². The van der Waals surface area contributed by atoms with Crippen molar-refractivity contribution >= 4 is 11.8 Å². The summed E-state index contributed by atoms with van der Waals surface area (Å²) in [5.74, 6) is -0.823. The summed E-state index contributed by atoms with van der Waals surface area (Å²) in [4.78, 5) is 23.8. The molecule has 0 radical (unpaired) electrons. The van der Waals surface area contributed by atoms with E-state index in [1.807, 2.05) is 60.7 Å². The van der Waals surface area contributed by atoms with E-state index in [2.05, 4.69) is 10.6 Å². The van der Waals surface area contributed by atoms with Gasteiger partial charge in [-0.15, -0.1) is 0 Å². The number of rotatable bonds is 5. The van der Waals surface area contributed by atoms with Crippen LogP contribution in [-0.2, 0) is 9.59 Å². The van der Waals surface area contributed by atoms with Crippen molar-refractivity contribution in [1.82, 2.24) is 10.6 Å². The first-order chi connectivity index (χ1) is 10.2. The van der Waals surface area contributed by atoms with Gasteiger partial charge < -0.3 is 10.6 Å². The Morgan fingerprint density at radius 2 is 1.38 bits per heavy atom. The highest BCUT2D eigenvalue weighted by molar-refractivity contribution is 5.90. The number of benzene rings is 2. The summed E-state index contributed by atoms with van der Waals surface area (Å²) in [6, 6.07) is 19.1. The van der Waals surface area contributed by atoms with Crippen LogP contribution in [0.3, 0.4) is 0 Å². The van der Waals surface area contributed by atoms with Crippen LogP contribution in [0.15, 0.2) is 60.7 Å². The summed E-state index contributed by atoms with van der Waals surface area (Å²) >= 11 is 0. The Morgan fingerprint density at radius 1 is 0.905 bits per heavy atom. The van der Waals surface area contributed by atoms with Crippen molar-refractivity contribution in [2.24, 2.45) is 0 Å². The van der Waals surface area contributed by atoms with Crippen molar-refractivity contribution in [2.45, 2.75) is 5.92 Å². The maximum Gasteiger partial charge on any atom is 0.239 e. The van der Waals surface area contributed by atoms with Crippen LogP contribution in [0.4, 0.5) is 0 Å². The number of carbonyl (C=O) groups excluding carboxylic acids is 2. The van der Waals surface area contributed by atoms with Gasteiger partial charge in [0, 0.05) is 7.05 Å². The molecular formula is C17H18N2O2. The second-order valence-corrected chi connectivity index (χ2v) is 4.65.